The van der Waals surface area contributed by atoms with Crippen LogP contribution in [0.2, 0.25) is 0 Å². The van der Waals surface area contributed by atoms with Crippen molar-refractivity contribution < 1.29 is 22.9 Å². The van der Waals surface area contributed by atoms with Crippen molar-refractivity contribution in [2.75, 3.05) is 5.32 Å². The molecule has 0 saturated heterocycles. The maximum Gasteiger partial charge on any atom is 0.471 e. The van der Waals surface area contributed by atoms with E-state index < -0.39 is 28.5 Å². The van der Waals surface area contributed by atoms with Crippen molar-refractivity contribution in [3.05, 3.63) is 57.5 Å². The normalized spacial score (nSPS) is 13.4. The molecular formula is C17H11F3N4O3. The summed E-state index contributed by atoms with van der Waals surface area (Å²) < 4.78 is 37.4. The van der Waals surface area contributed by atoms with Gasteiger partial charge in [-0.2, -0.15) is 13.2 Å². The van der Waals surface area contributed by atoms with Crippen LogP contribution in [0.25, 0.3) is 0 Å². The van der Waals surface area contributed by atoms with E-state index in [2.05, 4.69) is 21.8 Å². The lowest BCUT2D eigenvalue weighted by atomic mass is 10.1. The number of carbonyl (C=O) groups is 1. The second kappa shape index (κ2) is 7.03. The molecule has 0 atom stereocenters. The summed E-state index contributed by atoms with van der Waals surface area (Å²) in [7, 11) is 0. The van der Waals surface area contributed by atoms with E-state index in [9.17, 15) is 28.1 Å². The molecule has 1 saturated carbocycles. The molecule has 2 aromatic heterocycles. The van der Waals surface area contributed by atoms with Gasteiger partial charge < -0.3 is 5.32 Å². The van der Waals surface area contributed by atoms with Gasteiger partial charge in [0.2, 0.25) is 0 Å². The van der Waals surface area contributed by atoms with Crippen LogP contribution in [0.1, 0.15) is 35.6 Å². The minimum absolute atomic E-state index is 0.202. The molecule has 3 rings (SSSR count). The van der Waals surface area contributed by atoms with E-state index in [4.69, 9.17) is 0 Å². The van der Waals surface area contributed by atoms with Gasteiger partial charge in [0.05, 0.1) is 10.5 Å². The Balaban J connectivity index is 1.95. The Hall–Kier alpha value is -3.48. The summed E-state index contributed by atoms with van der Waals surface area (Å²) in [4.78, 5) is 29.0. The largest absolute Gasteiger partial charge is 0.471 e. The molecule has 27 heavy (non-hydrogen) atoms. The molecule has 138 valence electrons. The van der Waals surface area contributed by atoms with Gasteiger partial charge in [-0.1, -0.05) is 11.8 Å². The van der Waals surface area contributed by atoms with Gasteiger partial charge in [0, 0.05) is 29.4 Å². The van der Waals surface area contributed by atoms with Gasteiger partial charge >= 0.3 is 12.1 Å². The number of nitrogens with one attached hydrogen (secondary N) is 1. The molecule has 7 nitrogen and oxygen atoms in total. The highest BCUT2D eigenvalue weighted by molar-refractivity contribution is 5.95. The van der Waals surface area contributed by atoms with E-state index in [-0.39, 0.29) is 5.56 Å². The first-order valence-electron chi connectivity index (χ1n) is 7.74. The van der Waals surface area contributed by atoms with Crippen LogP contribution in [0.15, 0.2) is 30.6 Å². The third-order valence-corrected chi connectivity index (χ3v) is 3.69. The van der Waals surface area contributed by atoms with Crippen molar-refractivity contribution in [3.8, 4) is 11.8 Å². The Kier molecular flexibility index (Phi) is 4.77. The lowest BCUT2D eigenvalue weighted by molar-refractivity contribution is -0.385. The minimum Gasteiger partial charge on any atom is -0.302 e. The number of anilines is 1. The topological polar surface area (TPSA) is 98.0 Å². The van der Waals surface area contributed by atoms with E-state index in [1.165, 1.54) is 0 Å². The van der Waals surface area contributed by atoms with Crippen LogP contribution in [-0.4, -0.2) is 27.0 Å². The summed E-state index contributed by atoms with van der Waals surface area (Å²) >= 11 is 0. The fraction of sp³-hybridized carbons (Fsp3) is 0.235. The van der Waals surface area contributed by atoms with Crippen molar-refractivity contribution in [2.45, 2.75) is 24.9 Å². The number of nitrogens with zero attached hydrogens (tertiary/aromatic N) is 3. The molecule has 1 aliphatic carbocycles. The highest BCUT2D eigenvalue weighted by Gasteiger charge is 2.39. The van der Waals surface area contributed by atoms with Gasteiger partial charge in [0.15, 0.2) is 0 Å². The molecule has 0 aliphatic heterocycles. The van der Waals surface area contributed by atoms with Crippen LogP contribution in [0.3, 0.4) is 0 Å². The summed E-state index contributed by atoms with van der Waals surface area (Å²) in [5, 5.41) is 12.5. The number of nitro groups is 1. The maximum absolute atomic E-state index is 12.5. The number of aromatic nitrogens is 2. The smallest absolute Gasteiger partial charge is 0.302 e. The number of amides is 1. The second-order valence-electron chi connectivity index (χ2n) is 5.79. The number of halogens is 3. The van der Waals surface area contributed by atoms with Gasteiger partial charge in [-0.05, 0) is 25.0 Å². The summed E-state index contributed by atoms with van der Waals surface area (Å²) in [6.07, 6.45) is -0.748. The van der Waals surface area contributed by atoms with Gasteiger partial charge in [0.1, 0.15) is 12.0 Å². The molecule has 1 aliphatic rings. The Bertz CT molecular complexity index is 975. The lowest BCUT2D eigenvalue weighted by Gasteiger charge is -2.08. The SMILES string of the molecule is O=C(Nc1ncc([N+](=O)[O-])cc1C#Cc1ccnc(C2CC2)c1)C(F)(F)F. The molecule has 0 aromatic carbocycles. The predicted molar refractivity (Wildman–Crippen MR) is 87.8 cm³/mol. The molecule has 1 fully saturated rings. The zero-order chi connectivity index (χ0) is 19.6. The van der Waals surface area contributed by atoms with Crippen LogP contribution >= 0.6 is 0 Å². The number of hydrogen-bond donors (Lipinski definition) is 1. The van der Waals surface area contributed by atoms with Crippen LogP contribution in [-0.2, 0) is 4.79 Å². The molecular weight excluding hydrogens is 365 g/mol. The summed E-state index contributed by atoms with van der Waals surface area (Å²) in [5.74, 6) is 2.89. The average Bonchev–Trinajstić information content (AvgIpc) is 3.45. The van der Waals surface area contributed by atoms with Crippen LogP contribution in [0.5, 0.6) is 0 Å². The average molecular weight is 376 g/mol. The maximum atomic E-state index is 12.5. The fourth-order valence-corrected chi connectivity index (χ4v) is 2.19. The molecule has 1 N–H and O–H groups in total. The number of hydrogen-bond acceptors (Lipinski definition) is 5. The van der Waals surface area contributed by atoms with Crippen molar-refractivity contribution in [1.29, 1.82) is 0 Å². The Labute approximate surface area is 150 Å². The van der Waals surface area contributed by atoms with Gasteiger partial charge in [-0.3, -0.25) is 19.9 Å². The highest BCUT2D eigenvalue weighted by atomic mass is 19.4. The second-order valence-corrected chi connectivity index (χ2v) is 5.79. The van der Waals surface area contributed by atoms with Gasteiger partial charge in [-0.25, -0.2) is 4.98 Å². The van der Waals surface area contributed by atoms with E-state index in [1.807, 2.05) is 0 Å². The fourth-order valence-electron chi connectivity index (χ4n) is 2.19. The van der Waals surface area contributed by atoms with Crippen molar-refractivity contribution in [1.82, 2.24) is 9.97 Å². The standard InChI is InChI=1S/C17H11F3N4O3/c18-17(19,20)16(25)23-15-12(8-13(9-22-15)24(26)27)2-1-10-5-6-21-14(7-10)11-3-4-11/h5-9,11H,3-4H2,(H,22,23,25). The molecule has 0 spiro atoms. The first-order chi connectivity index (χ1) is 12.7. The van der Waals surface area contributed by atoms with Crippen molar-refractivity contribution in [2.24, 2.45) is 0 Å². The first kappa shape index (κ1) is 18.3. The molecule has 0 bridgehead atoms. The monoisotopic (exact) mass is 376 g/mol. The van der Waals surface area contributed by atoms with E-state index in [0.717, 1.165) is 30.8 Å². The quantitative estimate of drug-likeness (QED) is 0.504. The zero-order valence-electron chi connectivity index (χ0n) is 13.6. The highest BCUT2D eigenvalue weighted by Crippen LogP contribution is 2.38. The van der Waals surface area contributed by atoms with E-state index >= 15 is 0 Å². The van der Waals surface area contributed by atoms with E-state index in [1.54, 1.807) is 23.6 Å². The third-order valence-electron chi connectivity index (χ3n) is 3.69. The molecule has 2 aromatic rings. The number of rotatable bonds is 3. The van der Waals surface area contributed by atoms with Crippen molar-refractivity contribution >= 4 is 17.4 Å². The molecule has 10 heteroatoms. The van der Waals surface area contributed by atoms with Crippen molar-refractivity contribution in [3.63, 3.8) is 0 Å². The first-order valence-corrected chi connectivity index (χ1v) is 7.74. The number of pyridine rings is 2. The molecule has 2 heterocycles. The lowest BCUT2D eigenvalue weighted by Crippen LogP contribution is -2.30. The molecule has 0 unspecified atom stereocenters. The van der Waals surface area contributed by atoms with Crippen LogP contribution < -0.4 is 5.32 Å². The van der Waals surface area contributed by atoms with E-state index in [0.29, 0.717) is 11.5 Å². The Morgan fingerprint density at radius 1 is 1.26 bits per heavy atom. The minimum atomic E-state index is -5.13. The summed E-state index contributed by atoms with van der Waals surface area (Å²) in [6.45, 7) is 0. The summed E-state index contributed by atoms with van der Waals surface area (Å²) in [6, 6.07) is 4.32. The van der Waals surface area contributed by atoms with Gasteiger partial charge in [0.25, 0.3) is 5.69 Å². The van der Waals surface area contributed by atoms with Crippen LogP contribution in [0, 0.1) is 22.0 Å². The Morgan fingerprint density at radius 2 is 2.00 bits per heavy atom. The van der Waals surface area contributed by atoms with Crippen LogP contribution in [0.4, 0.5) is 24.7 Å². The zero-order valence-corrected chi connectivity index (χ0v) is 13.6. The third kappa shape index (κ3) is 4.58. The number of alkyl halides is 3. The molecule has 0 radical (unpaired) electrons. The Morgan fingerprint density at radius 3 is 2.63 bits per heavy atom. The van der Waals surface area contributed by atoms with Gasteiger partial charge in [-0.15, -0.1) is 0 Å². The molecule has 1 amide bonds. The number of carbonyl (C=O) groups excluding carboxylic acids is 1. The predicted octanol–water partition coefficient (Wildman–Crippen LogP) is 3.16. The summed E-state index contributed by atoms with van der Waals surface area (Å²) in [5.41, 5.74) is 0.750.